The molecule has 0 aliphatic carbocycles. The van der Waals surface area contributed by atoms with Crippen molar-refractivity contribution >= 4 is 12.0 Å². The second kappa shape index (κ2) is 8.09. The molecule has 1 aliphatic rings. The van der Waals surface area contributed by atoms with E-state index in [1.807, 2.05) is 25.7 Å². The minimum atomic E-state index is -0.821. The Bertz CT molecular complexity index is 333. The van der Waals surface area contributed by atoms with Crippen LogP contribution in [0.4, 0.5) is 4.79 Å². The molecule has 0 saturated carbocycles. The van der Waals surface area contributed by atoms with Crippen LogP contribution < -0.4 is 0 Å². The van der Waals surface area contributed by atoms with E-state index in [0.717, 1.165) is 6.42 Å². The summed E-state index contributed by atoms with van der Waals surface area (Å²) in [6, 6.07) is 0.0614. The first kappa shape index (κ1) is 16.8. The van der Waals surface area contributed by atoms with Gasteiger partial charge in [-0.1, -0.05) is 6.92 Å². The lowest BCUT2D eigenvalue weighted by Crippen LogP contribution is -2.52. The van der Waals surface area contributed by atoms with E-state index in [4.69, 9.17) is 9.84 Å². The number of carbonyl (C=O) groups excluding carboxylic acids is 1. The fraction of sp³-hybridized carbons (Fsp3) is 0.857. The Morgan fingerprint density at radius 1 is 1.45 bits per heavy atom. The molecule has 0 radical (unpaired) electrons. The quantitative estimate of drug-likeness (QED) is 0.808. The Morgan fingerprint density at radius 3 is 2.70 bits per heavy atom. The van der Waals surface area contributed by atoms with Gasteiger partial charge in [-0.2, -0.15) is 0 Å². The standard InChI is InChI=1S/C14H26N2O4/c1-4-12-10-15(8-9-20-12)14(19)16(11(2)3)7-5-6-13(17)18/h11-12H,4-10H2,1-3H3,(H,17,18). The maximum absolute atomic E-state index is 12.5. The van der Waals surface area contributed by atoms with Gasteiger partial charge < -0.3 is 19.6 Å². The fourth-order valence-corrected chi connectivity index (χ4v) is 2.30. The topological polar surface area (TPSA) is 70.1 Å². The molecule has 6 nitrogen and oxygen atoms in total. The fourth-order valence-electron chi connectivity index (χ4n) is 2.30. The Balaban J connectivity index is 2.56. The van der Waals surface area contributed by atoms with Crippen molar-refractivity contribution in [2.75, 3.05) is 26.2 Å². The zero-order valence-electron chi connectivity index (χ0n) is 12.7. The number of urea groups is 1. The second-order valence-corrected chi connectivity index (χ2v) is 5.41. The first-order valence-electron chi connectivity index (χ1n) is 7.34. The molecule has 0 bridgehead atoms. The Morgan fingerprint density at radius 2 is 2.15 bits per heavy atom. The summed E-state index contributed by atoms with van der Waals surface area (Å²) in [6.07, 6.45) is 1.59. The maximum atomic E-state index is 12.5. The smallest absolute Gasteiger partial charge is 0.320 e. The number of morpholine rings is 1. The van der Waals surface area contributed by atoms with Crippen molar-refractivity contribution in [2.24, 2.45) is 0 Å². The Hall–Kier alpha value is -1.30. The Labute approximate surface area is 120 Å². The third-order valence-corrected chi connectivity index (χ3v) is 3.52. The summed E-state index contributed by atoms with van der Waals surface area (Å²) in [5, 5.41) is 8.69. The van der Waals surface area contributed by atoms with Gasteiger partial charge in [-0.15, -0.1) is 0 Å². The zero-order chi connectivity index (χ0) is 15.1. The molecule has 1 rings (SSSR count). The average molecular weight is 286 g/mol. The normalized spacial score (nSPS) is 19.2. The van der Waals surface area contributed by atoms with E-state index in [1.54, 1.807) is 4.90 Å². The molecule has 1 saturated heterocycles. The highest BCUT2D eigenvalue weighted by atomic mass is 16.5. The lowest BCUT2D eigenvalue weighted by molar-refractivity contribution is -0.137. The van der Waals surface area contributed by atoms with Crippen LogP contribution in [0.3, 0.4) is 0 Å². The lowest BCUT2D eigenvalue weighted by Gasteiger charge is -2.37. The molecule has 1 atom stereocenters. The van der Waals surface area contributed by atoms with E-state index in [2.05, 4.69) is 0 Å². The predicted octanol–water partition coefficient (Wildman–Crippen LogP) is 1.79. The molecule has 1 fully saturated rings. The van der Waals surface area contributed by atoms with Crippen LogP contribution in [0.2, 0.25) is 0 Å². The highest BCUT2D eigenvalue weighted by molar-refractivity contribution is 5.75. The predicted molar refractivity (Wildman–Crippen MR) is 75.7 cm³/mol. The number of hydrogen-bond acceptors (Lipinski definition) is 3. The van der Waals surface area contributed by atoms with Crippen molar-refractivity contribution in [3.8, 4) is 0 Å². The summed E-state index contributed by atoms with van der Waals surface area (Å²) in [7, 11) is 0. The van der Waals surface area contributed by atoms with Crippen LogP contribution in [0.25, 0.3) is 0 Å². The van der Waals surface area contributed by atoms with Gasteiger partial charge in [0, 0.05) is 32.1 Å². The maximum Gasteiger partial charge on any atom is 0.320 e. The molecule has 0 aromatic heterocycles. The largest absolute Gasteiger partial charge is 0.481 e. The van der Waals surface area contributed by atoms with Crippen LogP contribution in [-0.2, 0) is 9.53 Å². The molecule has 1 unspecified atom stereocenters. The molecule has 1 aliphatic heterocycles. The minimum Gasteiger partial charge on any atom is -0.481 e. The summed E-state index contributed by atoms with van der Waals surface area (Å²) >= 11 is 0. The van der Waals surface area contributed by atoms with Gasteiger partial charge in [0.2, 0.25) is 0 Å². The number of carbonyl (C=O) groups is 2. The van der Waals surface area contributed by atoms with Crippen molar-refractivity contribution < 1.29 is 19.4 Å². The summed E-state index contributed by atoms with van der Waals surface area (Å²) < 4.78 is 5.57. The van der Waals surface area contributed by atoms with Gasteiger partial charge >= 0.3 is 12.0 Å². The van der Waals surface area contributed by atoms with E-state index in [-0.39, 0.29) is 24.6 Å². The average Bonchev–Trinajstić information content (AvgIpc) is 2.42. The number of carboxylic acids is 1. The van der Waals surface area contributed by atoms with Crippen LogP contribution in [0, 0.1) is 0 Å². The summed E-state index contributed by atoms with van der Waals surface area (Å²) in [5.74, 6) is -0.821. The van der Waals surface area contributed by atoms with Gasteiger partial charge in [0.1, 0.15) is 0 Å². The monoisotopic (exact) mass is 286 g/mol. The molecule has 0 aromatic rings. The first-order valence-corrected chi connectivity index (χ1v) is 7.34. The third-order valence-electron chi connectivity index (χ3n) is 3.52. The molecule has 20 heavy (non-hydrogen) atoms. The zero-order valence-corrected chi connectivity index (χ0v) is 12.7. The SMILES string of the molecule is CCC1CN(C(=O)N(CCCC(=O)O)C(C)C)CCO1. The van der Waals surface area contributed by atoms with Gasteiger partial charge in [0.15, 0.2) is 0 Å². The molecule has 1 heterocycles. The van der Waals surface area contributed by atoms with Crippen LogP contribution in [-0.4, -0.2) is 65.3 Å². The molecule has 1 N–H and O–H groups in total. The van der Waals surface area contributed by atoms with Gasteiger partial charge in [0.05, 0.1) is 12.7 Å². The Kier molecular flexibility index (Phi) is 6.78. The lowest BCUT2D eigenvalue weighted by atomic mass is 10.2. The van der Waals surface area contributed by atoms with Crippen molar-refractivity contribution in [1.82, 2.24) is 9.80 Å². The van der Waals surface area contributed by atoms with Crippen LogP contribution in [0.5, 0.6) is 0 Å². The summed E-state index contributed by atoms with van der Waals surface area (Å²) in [6.45, 7) is 8.25. The van der Waals surface area contributed by atoms with Crippen LogP contribution in [0.1, 0.15) is 40.0 Å². The third kappa shape index (κ3) is 5.00. The molecule has 6 heteroatoms. The second-order valence-electron chi connectivity index (χ2n) is 5.41. The van der Waals surface area contributed by atoms with Crippen molar-refractivity contribution in [1.29, 1.82) is 0 Å². The molecule has 2 amide bonds. The van der Waals surface area contributed by atoms with Crippen molar-refractivity contribution in [2.45, 2.75) is 52.2 Å². The first-order chi connectivity index (χ1) is 9.45. The van der Waals surface area contributed by atoms with Crippen LogP contribution in [0.15, 0.2) is 0 Å². The van der Waals surface area contributed by atoms with Crippen LogP contribution >= 0.6 is 0 Å². The summed E-state index contributed by atoms with van der Waals surface area (Å²) in [4.78, 5) is 26.7. The number of rotatable bonds is 6. The number of carboxylic acid groups (broad SMARTS) is 1. The van der Waals surface area contributed by atoms with Gasteiger partial charge in [0.25, 0.3) is 0 Å². The van der Waals surface area contributed by atoms with E-state index >= 15 is 0 Å². The van der Waals surface area contributed by atoms with Gasteiger partial charge in [-0.3, -0.25) is 4.79 Å². The van der Waals surface area contributed by atoms with E-state index < -0.39 is 5.97 Å². The molecule has 116 valence electrons. The van der Waals surface area contributed by atoms with Gasteiger partial charge in [-0.25, -0.2) is 4.79 Å². The van der Waals surface area contributed by atoms with Crippen molar-refractivity contribution in [3.05, 3.63) is 0 Å². The number of nitrogens with zero attached hydrogens (tertiary/aromatic N) is 2. The highest BCUT2D eigenvalue weighted by Crippen LogP contribution is 2.13. The number of amides is 2. The van der Waals surface area contributed by atoms with E-state index in [9.17, 15) is 9.59 Å². The number of hydrogen-bond donors (Lipinski definition) is 1. The molecular weight excluding hydrogens is 260 g/mol. The highest BCUT2D eigenvalue weighted by Gasteiger charge is 2.27. The van der Waals surface area contributed by atoms with Crippen molar-refractivity contribution in [3.63, 3.8) is 0 Å². The molecule has 0 spiro atoms. The van der Waals surface area contributed by atoms with E-state index in [0.29, 0.717) is 32.7 Å². The molecular formula is C14H26N2O4. The minimum absolute atomic E-state index is 0.00728. The summed E-state index contributed by atoms with van der Waals surface area (Å²) in [5.41, 5.74) is 0. The van der Waals surface area contributed by atoms with Gasteiger partial charge in [-0.05, 0) is 26.7 Å². The number of ether oxygens (including phenoxy) is 1. The number of aliphatic carboxylic acids is 1. The molecule has 0 aromatic carbocycles. The van der Waals surface area contributed by atoms with E-state index in [1.165, 1.54) is 0 Å².